The summed E-state index contributed by atoms with van der Waals surface area (Å²) in [5, 5.41) is 29.8. The molecule has 49 heavy (non-hydrogen) atoms. The number of carbonyl (C=O) groups excluding carboxylic acids is 1. The molecular formula is C30H29Cl5N4O10. The Kier molecular flexibility index (Phi) is 15.3. The highest BCUT2D eigenvalue weighted by Crippen LogP contribution is 2.34. The number of carboxylic acids is 3. The van der Waals surface area contributed by atoms with Crippen LogP contribution in [0, 0.1) is 5.92 Å². The topological polar surface area (TPSA) is 207 Å². The maximum Gasteiger partial charge on any atom is 0.341 e. The van der Waals surface area contributed by atoms with Crippen LogP contribution >= 0.6 is 58.0 Å². The number of amides is 1. The first-order valence-corrected chi connectivity index (χ1v) is 15.5. The van der Waals surface area contributed by atoms with Gasteiger partial charge < -0.3 is 34.8 Å². The molecule has 0 bridgehead atoms. The van der Waals surface area contributed by atoms with Crippen LogP contribution in [-0.2, 0) is 20.9 Å². The van der Waals surface area contributed by atoms with Gasteiger partial charge in [0.25, 0.3) is 5.91 Å². The molecule has 0 radical (unpaired) electrons. The number of amidine groups is 1. The third-order valence-electron chi connectivity index (χ3n) is 6.53. The number of nitrogens with one attached hydrogen (secondary N) is 1. The molecular weight excluding hydrogens is 754 g/mol. The number of nitrogens with zero attached hydrogens (tertiary/aromatic N) is 3. The number of carbonyl (C=O) groups is 4. The van der Waals surface area contributed by atoms with E-state index >= 15 is 0 Å². The lowest BCUT2D eigenvalue weighted by Crippen LogP contribution is -2.41. The Hall–Kier alpha value is -3.92. The summed E-state index contributed by atoms with van der Waals surface area (Å²) in [7, 11) is 2.85. The molecule has 1 atom stereocenters. The maximum atomic E-state index is 12.2. The Morgan fingerprint density at radius 1 is 0.939 bits per heavy atom. The first-order valence-electron chi connectivity index (χ1n) is 13.6. The smallest absolute Gasteiger partial charge is 0.341 e. The van der Waals surface area contributed by atoms with Crippen LogP contribution in [0.3, 0.4) is 0 Å². The van der Waals surface area contributed by atoms with Crippen LogP contribution in [0.2, 0.25) is 25.2 Å². The van der Waals surface area contributed by atoms with Gasteiger partial charge in [-0.1, -0.05) is 71.9 Å². The number of aromatic nitrogens is 2. The van der Waals surface area contributed by atoms with Crippen LogP contribution in [0.25, 0.3) is 0 Å². The van der Waals surface area contributed by atoms with Gasteiger partial charge in [0, 0.05) is 13.3 Å². The van der Waals surface area contributed by atoms with Crippen molar-refractivity contribution < 1.29 is 48.7 Å². The van der Waals surface area contributed by atoms with Crippen molar-refractivity contribution in [2.45, 2.75) is 32.9 Å². The summed E-state index contributed by atoms with van der Waals surface area (Å²) in [6, 6.07) is 5.70. The zero-order chi connectivity index (χ0) is 37.2. The fourth-order valence-corrected chi connectivity index (χ4v) is 4.75. The Morgan fingerprint density at radius 2 is 1.57 bits per heavy atom. The molecule has 4 rings (SSSR count). The van der Waals surface area contributed by atoms with Crippen molar-refractivity contribution in [3.05, 3.63) is 78.1 Å². The van der Waals surface area contributed by atoms with Gasteiger partial charge in [-0.25, -0.2) is 19.4 Å². The third-order valence-corrected chi connectivity index (χ3v) is 8.09. The molecule has 0 fully saturated rings. The van der Waals surface area contributed by atoms with E-state index in [1.807, 2.05) is 13.8 Å². The number of aromatic carboxylic acids is 2. The number of carboxylic acid groups (broad SMARTS) is 3. The molecule has 0 saturated carbocycles. The van der Waals surface area contributed by atoms with Gasteiger partial charge in [-0.15, -0.1) is 0 Å². The van der Waals surface area contributed by atoms with E-state index in [1.54, 1.807) is 6.92 Å². The van der Waals surface area contributed by atoms with Gasteiger partial charge in [0.05, 0.1) is 34.3 Å². The van der Waals surface area contributed by atoms with Crippen molar-refractivity contribution in [1.82, 2.24) is 15.3 Å². The van der Waals surface area contributed by atoms with Crippen molar-refractivity contribution in [2.24, 2.45) is 10.9 Å². The number of aliphatic imine (C=N–C) groups is 1. The van der Waals surface area contributed by atoms with Crippen LogP contribution in [0.15, 0.2) is 35.5 Å². The second-order valence-corrected chi connectivity index (χ2v) is 12.2. The fourth-order valence-electron chi connectivity index (χ4n) is 3.75. The predicted octanol–water partition coefficient (Wildman–Crippen LogP) is 6.42. The molecule has 1 aliphatic heterocycles. The van der Waals surface area contributed by atoms with E-state index in [1.165, 1.54) is 44.7 Å². The van der Waals surface area contributed by atoms with Gasteiger partial charge in [-0.05, 0) is 42.7 Å². The Balaban J connectivity index is 0.000000269. The van der Waals surface area contributed by atoms with Gasteiger partial charge in [0.1, 0.15) is 21.8 Å². The van der Waals surface area contributed by atoms with Crippen LogP contribution in [0.4, 0.5) is 0 Å². The SMILES string of the molecule is COCc1cnc(C2=NC(C)(C(C)C)C(=O)N2)c(C(=O)O)c1.COc1c(Cl)ccc(Cl)c1C(=O)O.O=C(O)COc1nc(Cl)c(Cl)cc1Cl. The van der Waals surface area contributed by atoms with Gasteiger partial charge >= 0.3 is 17.9 Å². The number of benzene rings is 1. The molecule has 264 valence electrons. The normalized spacial score (nSPS) is 14.8. The molecule has 3 heterocycles. The maximum absolute atomic E-state index is 12.2. The highest BCUT2D eigenvalue weighted by molar-refractivity contribution is 6.42. The first kappa shape index (κ1) is 41.3. The van der Waals surface area contributed by atoms with Gasteiger partial charge in [-0.3, -0.25) is 9.78 Å². The minimum absolute atomic E-state index is 0.0106. The summed E-state index contributed by atoms with van der Waals surface area (Å²) >= 11 is 28.2. The van der Waals surface area contributed by atoms with E-state index < -0.39 is 30.1 Å². The quantitative estimate of drug-likeness (QED) is 0.164. The number of rotatable bonds is 10. The van der Waals surface area contributed by atoms with E-state index in [2.05, 4.69) is 20.3 Å². The summed E-state index contributed by atoms with van der Waals surface area (Å²) in [6.07, 6.45) is 1.52. The molecule has 0 spiro atoms. The molecule has 3 aromatic rings. The number of pyridine rings is 2. The Bertz CT molecular complexity index is 1770. The van der Waals surface area contributed by atoms with Crippen LogP contribution in [-0.4, -0.2) is 81.3 Å². The van der Waals surface area contributed by atoms with Crippen molar-refractivity contribution in [1.29, 1.82) is 0 Å². The van der Waals surface area contributed by atoms with Gasteiger partial charge in [0.2, 0.25) is 5.88 Å². The number of methoxy groups -OCH3 is 2. The summed E-state index contributed by atoms with van der Waals surface area (Å²) in [6.45, 7) is 5.22. The van der Waals surface area contributed by atoms with Gasteiger partial charge in [0.15, 0.2) is 23.3 Å². The lowest BCUT2D eigenvalue weighted by Gasteiger charge is -2.21. The second kappa shape index (κ2) is 18.2. The molecule has 0 saturated heterocycles. The molecule has 0 aliphatic carbocycles. The van der Waals surface area contributed by atoms with Crippen LogP contribution < -0.4 is 14.8 Å². The van der Waals surface area contributed by atoms with Crippen molar-refractivity contribution in [3.63, 3.8) is 0 Å². The lowest BCUT2D eigenvalue weighted by molar-refractivity contribution is -0.139. The van der Waals surface area contributed by atoms with E-state index in [0.29, 0.717) is 5.56 Å². The van der Waals surface area contributed by atoms with Gasteiger partial charge in [-0.2, -0.15) is 4.98 Å². The molecule has 1 amide bonds. The number of aliphatic carboxylic acids is 1. The monoisotopic (exact) mass is 780 g/mol. The zero-order valence-electron chi connectivity index (χ0n) is 26.3. The number of hydrogen-bond donors (Lipinski definition) is 4. The average Bonchev–Trinajstić information content (AvgIpc) is 3.34. The highest BCUT2D eigenvalue weighted by atomic mass is 35.5. The van der Waals surface area contributed by atoms with E-state index in [-0.39, 0.29) is 78.0 Å². The largest absolute Gasteiger partial charge is 0.494 e. The average molecular weight is 783 g/mol. The minimum Gasteiger partial charge on any atom is -0.494 e. The summed E-state index contributed by atoms with van der Waals surface area (Å²) in [5.74, 6) is -3.47. The molecule has 1 aromatic carbocycles. The highest BCUT2D eigenvalue weighted by Gasteiger charge is 2.43. The second-order valence-electron chi connectivity index (χ2n) is 10.2. The third kappa shape index (κ3) is 10.8. The van der Waals surface area contributed by atoms with E-state index in [9.17, 15) is 24.3 Å². The molecule has 19 heteroatoms. The summed E-state index contributed by atoms with van der Waals surface area (Å²) in [5.41, 5.74) is -0.249. The molecule has 2 aromatic heterocycles. The van der Waals surface area contributed by atoms with Crippen molar-refractivity contribution >= 4 is 87.7 Å². The van der Waals surface area contributed by atoms with Crippen molar-refractivity contribution in [2.75, 3.05) is 20.8 Å². The van der Waals surface area contributed by atoms with E-state index in [0.717, 1.165) is 0 Å². The summed E-state index contributed by atoms with van der Waals surface area (Å²) in [4.78, 5) is 56.7. The molecule has 14 nitrogen and oxygen atoms in total. The Morgan fingerprint density at radius 3 is 2.06 bits per heavy atom. The van der Waals surface area contributed by atoms with Crippen LogP contribution in [0.1, 0.15) is 52.7 Å². The minimum atomic E-state index is -1.16. The first-order chi connectivity index (χ1) is 22.9. The number of ether oxygens (including phenoxy) is 3. The fraction of sp³-hybridized carbons (Fsp3) is 0.300. The lowest BCUT2D eigenvalue weighted by atomic mass is 9.89. The number of hydrogen-bond acceptors (Lipinski definition) is 10. The Labute approximate surface area is 304 Å². The molecule has 4 N–H and O–H groups in total. The molecule has 1 unspecified atom stereocenters. The summed E-state index contributed by atoms with van der Waals surface area (Å²) < 4.78 is 14.5. The zero-order valence-corrected chi connectivity index (χ0v) is 30.1. The van der Waals surface area contributed by atoms with E-state index in [4.69, 9.17) is 82.4 Å². The number of halogens is 5. The van der Waals surface area contributed by atoms with Crippen molar-refractivity contribution in [3.8, 4) is 11.6 Å². The molecule has 1 aliphatic rings. The predicted molar refractivity (Wildman–Crippen MR) is 182 cm³/mol. The van der Waals surface area contributed by atoms with Crippen LogP contribution in [0.5, 0.6) is 11.6 Å². The standard InChI is InChI=1S/C15H19N3O4.C8H6Cl2O3.C7H4Cl3NO3/c1-8(2)15(3)14(21)17-12(18-15)11-10(13(19)20)5-9(6-16-11)7-22-4;1-13-7-5(10)3-2-4(9)6(7)8(11)12;8-3-1-4(9)7(11-6(3)10)14-2-5(12)13/h5-6,8H,7H2,1-4H3,(H,19,20)(H,17,18,21);2-3H,1H3,(H,11,12);1H,2H2,(H,12,13).